The lowest BCUT2D eigenvalue weighted by atomic mass is 10.0. The van der Waals surface area contributed by atoms with Crippen molar-refractivity contribution in [2.24, 2.45) is 11.7 Å². The molecule has 2 amide bonds. The summed E-state index contributed by atoms with van der Waals surface area (Å²) in [6.07, 6.45) is -0.584. The maximum absolute atomic E-state index is 11.9. The molecule has 0 aliphatic heterocycles. The van der Waals surface area contributed by atoms with E-state index in [0.717, 1.165) is 5.56 Å². The molecule has 1 rings (SSSR count). The third-order valence-corrected chi connectivity index (χ3v) is 2.97. The third kappa shape index (κ3) is 4.15. The number of carbonyl (C=O) groups excluding carboxylic acids is 2. The van der Waals surface area contributed by atoms with Crippen LogP contribution >= 0.6 is 0 Å². The van der Waals surface area contributed by atoms with Gasteiger partial charge in [-0.3, -0.25) is 9.69 Å². The molecule has 4 N–H and O–H groups in total. The standard InChI is InChI=1S/C14H21N3O3/c1-9(2)12(13(16)18)17(3)14(19)20-8-10-4-6-11(15)7-5-10/h4-7,9,12H,8,15H2,1-3H3,(H2,16,18). The SMILES string of the molecule is CC(C)C(C(N)=O)N(C)C(=O)OCc1ccc(N)cc1. The summed E-state index contributed by atoms with van der Waals surface area (Å²) >= 11 is 0. The van der Waals surface area contributed by atoms with Crippen LogP contribution < -0.4 is 11.5 Å². The van der Waals surface area contributed by atoms with E-state index in [-0.39, 0.29) is 12.5 Å². The Labute approximate surface area is 118 Å². The minimum Gasteiger partial charge on any atom is -0.445 e. The van der Waals surface area contributed by atoms with Gasteiger partial charge in [0.05, 0.1) is 0 Å². The van der Waals surface area contributed by atoms with Crippen LogP contribution in [0.2, 0.25) is 0 Å². The van der Waals surface area contributed by atoms with E-state index in [2.05, 4.69) is 0 Å². The van der Waals surface area contributed by atoms with Gasteiger partial charge in [0.1, 0.15) is 12.6 Å². The fourth-order valence-corrected chi connectivity index (χ4v) is 1.94. The second-order valence-corrected chi connectivity index (χ2v) is 5.00. The van der Waals surface area contributed by atoms with Crippen molar-refractivity contribution >= 4 is 17.7 Å². The first-order chi connectivity index (χ1) is 9.32. The van der Waals surface area contributed by atoms with Gasteiger partial charge in [0, 0.05) is 12.7 Å². The molecule has 20 heavy (non-hydrogen) atoms. The van der Waals surface area contributed by atoms with Crippen molar-refractivity contribution in [3.63, 3.8) is 0 Å². The fourth-order valence-electron chi connectivity index (χ4n) is 1.94. The van der Waals surface area contributed by atoms with Gasteiger partial charge < -0.3 is 16.2 Å². The largest absolute Gasteiger partial charge is 0.445 e. The molecule has 0 fully saturated rings. The number of nitrogen functional groups attached to an aromatic ring is 1. The summed E-state index contributed by atoms with van der Waals surface area (Å²) in [5, 5.41) is 0. The molecule has 1 unspecified atom stereocenters. The molecule has 0 heterocycles. The minimum absolute atomic E-state index is 0.0819. The predicted molar refractivity (Wildman–Crippen MR) is 76.6 cm³/mol. The number of benzene rings is 1. The summed E-state index contributed by atoms with van der Waals surface area (Å²) in [5.41, 5.74) is 12.3. The minimum atomic E-state index is -0.686. The van der Waals surface area contributed by atoms with E-state index in [9.17, 15) is 9.59 Å². The van der Waals surface area contributed by atoms with E-state index in [1.807, 2.05) is 13.8 Å². The first-order valence-electron chi connectivity index (χ1n) is 6.36. The molecule has 0 saturated heterocycles. The van der Waals surface area contributed by atoms with Crippen LogP contribution in [0, 0.1) is 5.92 Å². The lowest BCUT2D eigenvalue weighted by Crippen LogP contribution is -2.48. The average molecular weight is 279 g/mol. The van der Waals surface area contributed by atoms with Crippen molar-refractivity contribution in [2.75, 3.05) is 12.8 Å². The van der Waals surface area contributed by atoms with Crippen molar-refractivity contribution < 1.29 is 14.3 Å². The smallest absolute Gasteiger partial charge is 0.410 e. The number of primary amides is 1. The van der Waals surface area contributed by atoms with Crippen LogP contribution in [-0.4, -0.2) is 30.0 Å². The van der Waals surface area contributed by atoms with Crippen molar-refractivity contribution in [1.29, 1.82) is 0 Å². The quantitative estimate of drug-likeness (QED) is 0.795. The molecule has 6 heteroatoms. The van der Waals surface area contributed by atoms with Crippen LogP contribution in [-0.2, 0) is 16.1 Å². The number of ether oxygens (including phenoxy) is 1. The second kappa shape index (κ2) is 6.79. The third-order valence-electron chi connectivity index (χ3n) is 2.97. The molecule has 0 aliphatic rings. The Hall–Kier alpha value is -2.24. The predicted octanol–water partition coefficient (Wildman–Crippen LogP) is 1.35. The number of anilines is 1. The van der Waals surface area contributed by atoms with Crippen LogP contribution in [0.3, 0.4) is 0 Å². The highest BCUT2D eigenvalue weighted by molar-refractivity contribution is 5.84. The number of hydrogen-bond donors (Lipinski definition) is 2. The fraction of sp³-hybridized carbons (Fsp3) is 0.429. The normalized spacial score (nSPS) is 12.0. The molecule has 1 aromatic carbocycles. The maximum Gasteiger partial charge on any atom is 0.410 e. The van der Waals surface area contributed by atoms with Gasteiger partial charge in [-0.1, -0.05) is 26.0 Å². The van der Waals surface area contributed by atoms with Crippen LogP contribution in [0.15, 0.2) is 24.3 Å². The number of amides is 2. The first kappa shape index (κ1) is 15.8. The number of nitrogens with zero attached hydrogens (tertiary/aromatic N) is 1. The number of likely N-dealkylation sites (N-methyl/N-ethyl adjacent to an activating group) is 1. The first-order valence-corrected chi connectivity index (χ1v) is 6.36. The topological polar surface area (TPSA) is 98.7 Å². The summed E-state index contributed by atoms with van der Waals surface area (Å²) in [5.74, 6) is -0.631. The van der Waals surface area contributed by atoms with Crippen molar-refractivity contribution in [2.45, 2.75) is 26.5 Å². The summed E-state index contributed by atoms with van der Waals surface area (Å²) < 4.78 is 5.15. The molecule has 0 saturated carbocycles. The lowest BCUT2D eigenvalue weighted by molar-refractivity contribution is -0.123. The Balaban J connectivity index is 2.61. The highest BCUT2D eigenvalue weighted by Gasteiger charge is 2.28. The molecule has 0 bridgehead atoms. The van der Waals surface area contributed by atoms with Crippen LogP contribution in [0.1, 0.15) is 19.4 Å². The van der Waals surface area contributed by atoms with E-state index in [4.69, 9.17) is 16.2 Å². The van der Waals surface area contributed by atoms with Gasteiger partial charge >= 0.3 is 6.09 Å². The van der Waals surface area contributed by atoms with E-state index < -0.39 is 18.0 Å². The van der Waals surface area contributed by atoms with Gasteiger partial charge in [-0.15, -0.1) is 0 Å². The summed E-state index contributed by atoms with van der Waals surface area (Å²) in [7, 11) is 1.50. The number of rotatable bonds is 5. The molecule has 6 nitrogen and oxygen atoms in total. The average Bonchev–Trinajstić information content (AvgIpc) is 2.36. The van der Waals surface area contributed by atoms with Crippen LogP contribution in [0.5, 0.6) is 0 Å². The van der Waals surface area contributed by atoms with E-state index in [0.29, 0.717) is 5.69 Å². The van der Waals surface area contributed by atoms with Gasteiger partial charge in [0.15, 0.2) is 0 Å². The van der Waals surface area contributed by atoms with Crippen molar-refractivity contribution in [1.82, 2.24) is 4.90 Å². The number of carbonyl (C=O) groups is 2. The highest BCUT2D eigenvalue weighted by Crippen LogP contribution is 2.12. The van der Waals surface area contributed by atoms with Crippen LogP contribution in [0.25, 0.3) is 0 Å². The zero-order chi connectivity index (χ0) is 15.3. The van der Waals surface area contributed by atoms with Crippen molar-refractivity contribution in [3.05, 3.63) is 29.8 Å². The van der Waals surface area contributed by atoms with Gasteiger partial charge in [0.2, 0.25) is 5.91 Å². The summed E-state index contributed by atoms with van der Waals surface area (Å²) in [6.45, 7) is 3.76. The Morgan fingerprint density at radius 3 is 2.25 bits per heavy atom. The number of nitrogens with two attached hydrogens (primary N) is 2. The summed E-state index contributed by atoms with van der Waals surface area (Å²) in [6, 6.07) is 6.32. The molecule has 0 spiro atoms. The van der Waals surface area contributed by atoms with Gasteiger partial charge in [-0.25, -0.2) is 4.79 Å². The molecule has 0 radical (unpaired) electrons. The Kier molecular flexibility index (Phi) is 5.37. The molecular formula is C14H21N3O3. The van der Waals surface area contributed by atoms with E-state index in [1.54, 1.807) is 24.3 Å². The molecule has 0 aromatic heterocycles. The monoisotopic (exact) mass is 279 g/mol. The van der Waals surface area contributed by atoms with E-state index in [1.165, 1.54) is 11.9 Å². The zero-order valence-corrected chi connectivity index (χ0v) is 12.0. The molecule has 110 valence electrons. The lowest BCUT2D eigenvalue weighted by Gasteiger charge is -2.27. The van der Waals surface area contributed by atoms with Crippen LogP contribution in [0.4, 0.5) is 10.5 Å². The van der Waals surface area contributed by atoms with E-state index >= 15 is 0 Å². The molecular weight excluding hydrogens is 258 g/mol. The summed E-state index contributed by atoms with van der Waals surface area (Å²) in [4.78, 5) is 24.5. The van der Waals surface area contributed by atoms with Gasteiger partial charge in [-0.05, 0) is 23.6 Å². The van der Waals surface area contributed by atoms with Crippen molar-refractivity contribution in [3.8, 4) is 0 Å². The Morgan fingerprint density at radius 1 is 1.25 bits per heavy atom. The molecule has 1 aromatic rings. The Bertz CT molecular complexity index is 471. The van der Waals surface area contributed by atoms with Gasteiger partial charge in [-0.2, -0.15) is 0 Å². The number of hydrogen-bond acceptors (Lipinski definition) is 4. The molecule has 1 atom stereocenters. The second-order valence-electron chi connectivity index (χ2n) is 5.00. The Morgan fingerprint density at radius 2 is 1.80 bits per heavy atom. The van der Waals surface area contributed by atoms with Gasteiger partial charge in [0.25, 0.3) is 0 Å². The highest BCUT2D eigenvalue weighted by atomic mass is 16.6. The maximum atomic E-state index is 11.9. The zero-order valence-electron chi connectivity index (χ0n) is 12.0. The molecule has 0 aliphatic carbocycles.